The monoisotopic (exact) mass is 323 g/mol. The Hall–Kier alpha value is -3.51. The Bertz CT molecular complexity index is 1130. The number of hydrogen-bond acceptors (Lipinski definition) is 3. The molecular weight excluding hydrogens is 310 g/mol. The fraction of sp³-hybridized carbons (Fsp3) is 0.0455. The molecule has 5 rings (SSSR count). The van der Waals surface area contributed by atoms with E-state index >= 15 is 0 Å². The number of rotatable bonds is 1. The van der Waals surface area contributed by atoms with E-state index in [1.807, 2.05) is 54.6 Å². The van der Waals surface area contributed by atoms with Crippen molar-refractivity contribution in [1.82, 2.24) is 0 Å². The van der Waals surface area contributed by atoms with Gasteiger partial charge >= 0.3 is 0 Å². The molecule has 1 heterocycles. The second-order valence-corrected chi connectivity index (χ2v) is 6.02. The van der Waals surface area contributed by atoms with Gasteiger partial charge in [-0.1, -0.05) is 54.6 Å². The number of benzene rings is 4. The highest BCUT2D eigenvalue weighted by Gasteiger charge is 2.18. The SMILES string of the molecule is N#Cc1c2ccccc2c(-c2ccc3c(c2)OCO3)c2ccccc12. The van der Waals surface area contributed by atoms with Crippen molar-refractivity contribution in [2.24, 2.45) is 0 Å². The Morgan fingerprint density at radius 3 is 1.96 bits per heavy atom. The van der Waals surface area contributed by atoms with Crippen LogP contribution in [0.1, 0.15) is 5.56 Å². The van der Waals surface area contributed by atoms with Crippen LogP contribution in [-0.2, 0) is 0 Å². The van der Waals surface area contributed by atoms with Crippen LogP contribution in [0.25, 0.3) is 32.7 Å². The molecule has 0 fully saturated rings. The van der Waals surface area contributed by atoms with Gasteiger partial charge in [-0.15, -0.1) is 0 Å². The molecule has 1 aliphatic heterocycles. The first-order chi connectivity index (χ1) is 12.4. The molecule has 0 saturated carbocycles. The third kappa shape index (κ3) is 1.98. The quantitative estimate of drug-likeness (QED) is 0.449. The fourth-order valence-electron chi connectivity index (χ4n) is 3.61. The van der Waals surface area contributed by atoms with Crippen molar-refractivity contribution in [3.05, 3.63) is 72.3 Å². The number of nitrogens with zero attached hydrogens (tertiary/aromatic N) is 1. The van der Waals surface area contributed by atoms with Gasteiger partial charge in [-0.05, 0) is 34.0 Å². The van der Waals surface area contributed by atoms with E-state index in [9.17, 15) is 5.26 Å². The normalized spacial score (nSPS) is 12.4. The van der Waals surface area contributed by atoms with E-state index in [-0.39, 0.29) is 6.79 Å². The maximum atomic E-state index is 9.74. The van der Waals surface area contributed by atoms with Gasteiger partial charge in [-0.3, -0.25) is 0 Å². The zero-order valence-corrected chi connectivity index (χ0v) is 13.3. The lowest BCUT2D eigenvalue weighted by molar-refractivity contribution is 0.174. The van der Waals surface area contributed by atoms with Crippen molar-refractivity contribution in [1.29, 1.82) is 5.26 Å². The molecule has 0 spiro atoms. The van der Waals surface area contributed by atoms with Crippen molar-refractivity contribution >= 4 is 21.5 Å². The van der Waals surface area contributed by atoms with Gasteiger partial charge in [-0.25, -0.2) is 0 Å². The molecule has 0 aliphatic carbocycles. The molecule has 3 nitrogen and oxygen atoms in total. The summed E-state index contributed by atoms with van der Waals surface area (Å²) in [6, 6.07) is 24.5. The van der Waals surface area contributed by atoms with E-state index in [0.29, 0.717) is 0 Å². The van der Waals surface area contributed by atoms with Gasteiger partial charge in [-0.2, -0.15) is 5.26 Å². The molecule has 4 aromatic carbocycles. The maximum Gasteiger partial charge on any atom is 0.231 e. The highest BCUT2D eigenvalue weighted by atomic mass is 16.7. The topological polar surface area (TPSA) is 42.2 Å². The third-order valence-electron chi connectivity index (χ3n) is 4.70. The molecule has 0 atom stereocenters. The van der Waals surface area contributed by atoms with Gasteiger partial charge in [0.2, 0.25) is 6.79 Å². The summed E-state index contributed by atoms with van der Waals surface area (Å²) in [5, 5.41) is 13.8. The van der Waals surface area contributed by atoms with Crippen molar-refractivity contribution < 1.29 is 9.47 Å². The van der Waals surface area contributed by atoms with E-state index in [2.05, 4.69) is 18.2 Å². The Morgan fingerprint density at radius 2 is 1.32 bits per heavy atom. The molecule has 0 N–H and O–H groups in total. The highest BCUT2D eigenvalue weighted by molar-refractivity contribution is 6.16. The Kier molecular flexibility index (Phi) is 2.92. The molecule has 0 radical (unpaired) electrons. The van der Waals surface area contributed by atoms with Crippen LogP contribution < -0.4 is 9.47 Å². The van der Waals surface area contributed by atoms with Crippen LogP contribution in [0.4, 0.5) is 0 Å². The van der Waals surface area contributed by atoms with Gasteiger partial charge in [0.05, 0.1) is 5.56 Å². The first kappa shape index (κ1) is 13.9. The second kappa shape index (κ2) is 5.25. The van der Waals surface area contributed by atoms with Crippen LogP contribution in [-0.4, -0.2) is 6.79 Å². The van der Waals surface area contributed by atoms with Crippen LogP contribution in [0.5, 0.6) is 11.5 Å². The molecule has 0 unspecified atom stereocenters. The summed E-state index contributed by atoms with van der Waals surface area (Å²) in [6.45, 7) is 0.258. The molecule has 25 heavy (non-hydrogen) atoms. The predicted octanol–water partition coefficient (Wildman–Crippen LogP) is 5.26. The lowest BCUT2D eigenvalue weighted by Gasteiger charge is -2.14. The van der Waals surface area contributed by atoms with Gasteiger partial charge in [0.25, 0.3) is 0 Å². The summed E-state index contributed by atoms with van der Waals surface area (Å²) in [7, 11) is 0. The Balaban J connectivity index is 1.96. The van der Waals surface area contributed by atoms with E-state index in [1.165, 1.54) is 0 Å². The van der Waals surface area contributed by atoms with Crippen molar-refractivity contribution in [3.63, 3.8) is 0 Å². The highest BCUT2D eigenvalue weighted by Crippen LogP contribution is 2.42. The number of nitriles is 1. The average Bonchev–Trinajstić information content (AvgIpc) is 3.13. The van der Waals surface area contributed by atoms with Gasteiger partial charge in [0.1, 0.15) is 6.07 Å². The van der Waals surface area contributed by atoms with Crippen molar-refractivity contribution in [3.8, 4) is 28.7 Å². The first-order valence-corrected chi connectivity index (χ1v) is 8.10. The van der Waals surface area contributed by atoms with E-state index in [0.717, 1.165) is 49.7 Å². The minimum absolute atomic E-state index is 0.258. The minimum atomic E-state index is 0.258. The average molecular weight is 323 g/mol. The summed E-state index contributed by atoms with van der Waals surface area (Å²) in [5.74, 6) is 1.53. The van der Waals surface area contributed by atoms with Gasteiger partial charge < -0.3 is 9.47 Å². The summed E-state index contributed by atoms with van der Waals surface area (Å²) < 4.78 is 11.0. The van der Waals surface area contributed by atoms with E-state index in [4.69, 9.17) is 9.47 Å². The summed E-state index contributed by atoms with van der Waals surface area (Å²) in [5.41, 5.74) is 2.89. The molecule has 1 aliphatic rings. The van der Waals surface area contributed by atoms with Gasteiger partial charge in [0, 0.05) is 10.8 Å². The molecular formula is C22H13NO2. The number of ether oxygens (including phenoxy) is 2. The lowest BCUT2D eigenvalue weighted by Crippen LogP contribution is -1.93. The molecule has 3 heteroatoms. The zero-order chi connectivity index (χ0) is 16.8. The van der Waals surface area contributed by atoms with Gasteiger partial charge in [0.15, 0.2) is 11.5 Å². The number of fused-ring (bicyclic) bond motifs is 3. The first-order valence-electron chi connectivity index (χ1n) is 8.10. The second-order valence-electron chi connectivity index (χ2n) is 6.02. The van der Waals surface area contributed by atoms with Crippen LogP contribution in [0, 0.1) is 11.3 Å². The Morgan fingerprint density at radius 1 is 0.720 bits per heavy atom. The van der Waals surface area contributed by atoms with Crippen LogP contribution in [0.3, 0.4) is 0 Å². The fourth-order valence-corrected chi connectivity index (χ4v) is 3.61. The largest absolute Gasteiger partial charge is 0.454 e. The molecule has 4 aromatic rings. The summed E-state index contributed by atoms with van der Waals surface area (Å²) >= 11 is 0. The molecule has 0 saturated heterocycles. The molecule has 118 valence electrons. The lowest BCUT2D eigenvalue weighted by atomic mass is 9.89. The standard InChI is InChI=1S/C22H13NO2/c23-12-19-15-5-1-3-7-17(15)22(18-8-4-2-6-16(18)19)14-9-10-20-21(11-14)25-13-24-20/h1-11H,13H2. The minimum Gasteiger partial charge on any atom is -0.454 e. The van der Waals surface area contributed by atoms with Crippen LogP contribution in [0.2, 0.25) is 0 Å². The molecule has 0 aromatic heterocycles. The zero-order valence-electron chi connectivity index (χ0n) is 13.3. The maximum absolute atomic E-state index is 9.74. The van der Waals surface area contributed by atoms with E-state index < -0.39 is 0 Å². The van der Waals surface area contributed by atoms with Crippen molar-refractivity contribution in [2.45, 2.75) is 0 Å². The third-order valence-corrected chi connectivity index (χ3v) is 4.70. The molecule has 0 bridgehead atoms. The Labute approximate surface area is 144 Å². The summed E-state index contributed by atoms with van der Waals surface area (Å²) in [4.78, 5) is 0. The number of hydrogen-bond donors (Lipinski definition) is 0. The summed E-state index contributed by atoms with van der Waals surface area (Å²) in [6.07, 6.45) is 0. The molecule has 0 amide bonds. The van der Waals surface area contributed by atoms with Crippen LogP contribution in [0.15, 0.2) is 66.7 Å². The smallest absolute Gasteiger partial charge is 0.231 e. The van der Waals surface area contributed by atoms with Crippen molar-refractivity contribution in [2.75, 3.05) is 6.79 Å². The predicted molar refractivity (Wildman–Crippen MR) is 97.7 cm³/mol. The van der Waals surface area contributed by atoms with E-state index in [1.54, 1.807) is 0 Å². The van der Waals surface area contributed by atoms with Crippen LogP contribution >= 0.6 is 0 Å².